The second-order valence-corrected chi connectivity index (χ2v) is 7.85. The van der Waals surface area contributed by atoms with E-state index in [9.17, 15) is 24.0 Å². The highest BCUT2D eigenvalue weighted by atomic mass is 16.4. The van der Waals surface area contributed by atoms with Crippen LogP contribution in [-0.2, 0) is 30.4 Å². The van der Waals surface area contributed by atoms with Gasteiger partial charge in [-0.3, -0.25) is 24.0 Å². The molecular weight excluding hydrogens is 430 g/mol. The monoisotopic (exact) mass is 463 g/mol. The number of carboxylic acids is 1. The first-order valence-corrected chi connectivity index (χ1v) is 10.7. The van der Waals surface area contributed by atoms with Gasteiger partial charge in [-0.15, -0.1) is 0 Å². The van der Waals surface area contributed by atoms with Gasteiger partial charge in [0.1, 0.15) is 18.6 Å². The minimum absolute atomic E-state index is 0.0884. The molecular formula is C22H33N5O6. The van der Waals surface area contributed by atoms with E-state index >= 15 is 0 Å². The lowest BCUT2D eigenvalue weighted by Gasteiger charge is -2.26. The van der Waals surface area contributed by atoms with Crippen LogP contribution in [0.1, 0.15) is 38.7 Å². The predicted molar refractivity (Wildman–Crippen MR) is 121 cm³/mol. The normalized spacial score (nSPS) is 14.3. The molecule has 11 heteroatoms. The van der Waals surface area contributed by atoms with Crippen molar-refractivity contribution in [3.63, 3.8) is 0 Å². The van der Waals surface area contributed by atoms with E-state index in [1.807, 2.05) is 37.3 Å². The van der Waals surface area contributed by atoms with E-state index in [0.717, 1.165) is 5.56 Å². The molecule has 0 bridgehead atoms. The van der Waals surface area contributed by atoms with Crippen molar-refractivity contribution in [1.82, 2.24) is 16.0 Å². The van der Waals surface area contributed by atoms with Crippen LogP contribution in [0.4, 0.5) is 0 Å². The number of carbonyl (C=O) groups is 5. The maximum absolute atomic E-state index is 12.9. The van der Waals surface area contributed by atoms with E-state index in [0.29, 0.717) is 6.42 Å². The van der Waals surface area contributed by atoms with E-state index in [1.54, 1.807) is 6.92 Å². The molecule has 0 heterocycles. The van der Waals surface area contributed by atoms with Gasteiger partial charge in [0, 0.05) is 6.42 Å². The van der Waals surface area contributed by atoms with Gasteiger partial charge >= 0.3 is 5.97 Å². The average molecular weight is 464 g/mol. The van der Waals surface area contributed by atoms with Crippen LogP contribution in [0.2, 0.25) is 0 Å². The molecule has 11 nitrogen and oxygen atoms in total. The summed E-state index contributed by atoms with van der Waals surface area (Å²) in [4.78, 5) is 60.0. The number of carbonyl (C=O) groups excluding carboxylic acids is 4. The smallest absolute Gasteiger partial charge is 0.322 e. The third-order valence-electron chi connectivity index (χ3n) is 5.15. The average Bonchev–Trinajstić information content (AvgIpc) is 2.78. The Morgan fingerprint density at radius 3 is 2.18 bits per heavy atom. The Morgan fingerprint density at radius 2 is 1.64 bits per heavy atom. The fourth-order valence-corrected chi connectivity index (χ4v) is 3.02. The van der Waals surface area contributed by atoms with Crippen LogP contribution < -0.4 is 27.4 Å². The van der Waals surface area contributed by atoms with E-state index in [2.05, 4.69) is 16.0 Å². The van der Waals surface area contributed by atoms with Crippen LogP contribution in [0.15, 0.2) is 30.3 Å². The second-order valence-electron chi connectivity index (χ2n) is 7.85. The minimum atomic E-state index is -1.23. The number of benzene rings is 1. The molecule has 8 N–H and O–H groups in total. The van der Waals surface area contributed by atoms with Gasteiger partial charge in [0.2, 0.25) is 23.6 Å². The van der Waals surface area contributed by atoms with Gasteiger partial charge in [-0.25, -0.2) is 0 Å². The molecule has 0 spiro atoms. The molecule has 182 valence electrons. The molecule has 0 aromatic heterocycles. The molecule has 1 aromatic carbocycles. The maximum atomic E-state index is 12.9. The summed E-state index contributed by atoms with van der Waals surface area (Å²) in [5.41, 5.74) is 12.0. The minimum Gasteiger partial charge on any atom is -0.480 e. The zero-order valence-corrected chi connectivity index (χ0v) is 18.9. The number of carboxylic acid groups (broad SMARTS) is 1. The molecule has 0 aliphatic rings. The Labute approximate surface area is 192 Å². The molecule has 4 atom stereocenters. The van der Waals surface area contributed by atoms with E-state index in [4.69, 9.17) is 16.6 Å². The van der Waals surface area contributed by atoms with Crippen LogP contribution >= 0.6 is 0 Å². The number of rotatable bonds is 14. The quantitative estimate of drug-likeness (QED) is 0.204. The second kappa shape index (κ2) is 13.8. The van der Waals surface area contributed by atoms with Gasteiger partial charge in [-0.1, -0.05) is 50.6 Å². The SMILES string of the molecule is CCC(C)C(NC(=O)C(CCC(N)=O)NC(=O)C(N)Cc1ccccc1)C(=O)NCC(=O)O. The van der Waals surface area contributed by atoms with Gasteiger partial charge in [0.15, 0.2) is 0 Å². The number of aliphatic carboxylic acids is 1. The summed E-state index contributed by atoms with van der Waals surface area (Å²) in [5.74, 6) is -4.17. The van der Waals surface area contributed by atoms with Crippen molar-refractivity contribution in [2.45, 2.75) is 57.7 Å². The summed E-state index contributed by atoms with van der Waals surface area (Å²) in [6, 6.07) is 5.95. The highest BCUT2D eigenvalue weighted by Crippen LogP contribution is 2.10. The number of hydrogen-bond acceptors (Lipinski definition) is 6. The third-order valence-corrected chi connectivity index (χ3v) is 5.15. The van der Waals surface area contributed by atoms with Crippen LogP contribution in [0.3, 0.4) is 0 Å². The number of hydrogen-bond donors (Lipinski definition) is 6. The maximum Gasteiger partial charge on any atom is 0.322 e. The first kappa shape index (κ1) is 27.6. The first-order valence-electron chi connectivity index (χ1n) is 10.7. The molecule has 1 rings (SSSR count). The summed E-state index contributed by atoms with van der Waals surface area (Å²) in [6.45, 7) is 2.93. The number of amides is 4. The molecule has 4 amide bonds. The Kier molecular flexibility index (Phi) is 11.6. The molecule has 0 aliphatic carbocycles. The Hall–Kier alpha value is -3.47. The van der Waals surface area contributed by atoms with Gasteiger partial charge in [0.05, 0.1) is 6.04 Å². The van der Waals surface area contributed by atoms with Gasteiger partial charge in [-0.2, -0.15) is 0 Å². The van der Waals surface area contributed by atoms with Crippen molar-refractivity contribution in [2.24, 2.45) is 17.4 Å². The van der Waals surface area contributed by atoms with E-state index in [1.165, 1.54) is 0 Å². The van der Waals surface area contributed by atoms with E-state index < -0.39 is 54.3 Å². The van der Waals surface area contributed by atoms with Crippen molar-refractivity contribution >= 4 is 29.6 Å². The number of nitrogens with two attached hydrogens (primary N) is 2. The van der Waals surface area contributed by atoms with Crippen LogP contribution in [0.5, 0.6) is 0 Å². The zero-order valence-electron chi connectivity index (χ0n) is 18.9. The molecule has 1 aromatic rings. The zero-order chi connectivity index (χ0) is 25.0. The summed E-state index contributed by atoms with van der Waals surface area (Å²) < 4.78 is 0. The molecule has 4 unspecified atom stereocenters. The topological polar surface area (TPSA) is 194 Å². The van der Waals surface area contributed by atoms with Crippen molar-refractivity contribution in [3.05, 3.63) is 35.9 Å². The van der Waals surface area contributed by atoms with Gasteiger partial charge in [-0.05, 0) is 24.3 Å². The summed E-state index contributed by atoms with van der Waals surface area (Å²) >= 11 is 0. The van der Waals surface area contributed by atoms with Crippen molar-refractivity contribution in [2.75, 3.05) is 6.54 Å². The van der Waals surface area contributed by atoms with Gasteiger partial charge in [0.25, 0.3) is 0 Å². The Morgan fingerprint density at radius 1 is 1.00 bits per heavy atom. The molecule has 0 saturated carbocycles. The molecule has 0 radical (unpaired) electrons. The molecule has 0 aliphatic heterocycles. The lowest BCUT2D eigenvalue weighted by atomic mass is 9.97. The highest BCUT2D eigenvalue weighted by Gasteiger charge is 2.31. The van der Waals surface area contributed by atoms with Gasteiger partial charge < -0.3 is 32.5 Å². The fraction of sp³-hybridized carbons (Fsp3) is 0.500. The molecule has 0 saturated heterocycles. The standard InChI is InChI=1S/C22H33N5O6/c1-3-13(2)19(22(33)25-12-18(29)30)27-21(32)16(9-10-17(24)28)26-20(31)15(23)11-14-7-5-4-6-8-14/h4-8,13,15-16,19H,3,9-12,23H2,1-2H3,(H2,24,28)(H,25,33)(H,26,31)(H,27,32)(H,29,30). The highest BCUT2D eigenvalue weighted by molar-refractivity contribution is 5.94. The summed E-state index contributed by atoms with van der Waals surface area (Å²) in [5, 5.41) is 16.1. The Balaban J connectivity index is 2.92. The fourth-order valence-electron chi connectivity index (χ4n) is 3.02. The summed E-state index contributed by atoms with van der Waals surface area (Å²) in [7, 11) is 0. The predicted octanol–water partition coefficient (Wildman–Crippen LogP) is -0.962. The van der Waals surface area contributed by atoms with Crippen LogP contribution in [0, 0.1) is 5.92 Å². The molecule has 33 heavy (non-hydrogen) atoms. The third kappa shape index (κ3) is 10.1. The molecule has 0 fully saturated rings. The van der Waals surface area contributed by atoms with Crippen LogP contribution in [0.25, 0.3) is 0 Å². The van der Waals surface area contributed by atoms with E-state index in [-0.39, 0.29) is 25.2 Å². The van der Waals surface area contributed by atoms with Crippen molar-refractivity contribution in [3.8, 4) is 0 Å². The Bertz CT molecular complexity index is 832. The van der Waals surface area contributed by atoms with Crippen LogP contribution in [-0.4, -0.2) is 59.4 Å². The lowest BCUT2D eigenvalue weighted by molar-refractivity contribution is -0.139. The lowest BCUT2D eigenvalue weighted by Crippen LogP contribution is -2.57. The first-order chi connectivity index (χ1) is 15.5. The number of primary amides is 1. The number of nitrogens with one attached hydrogen (secondary N) is 3. The van der Waals surface area contributed by atoms with Crippen molar-refractivity contribution in [1.29, 1.82) is 0 Å². The van der Waals surface area contributed by atoms with Crippen molar-refractivity contribution < 1.29 is 29.1 Å². The largest absolute Gasteiger partial charge is 0.480 e. The summed E-state index contributed by atoms with van der Waals surface area (Å²) in [6.07, 6.45) is 0.496.